The molecule has 0 spiro atoms. The van der Waals surface area contributed by atoms with Gasteiger partial charge in [-0.25, -0.2) is 4.79 Å². The Morgan fingerprint density at radius 1 is 1.42 bits per heavy atom. The largest absolute Gasteiger partial charge is 0.482 e. The fourth-order valence-corrected chi connectivity index (χ4v) is 1.57. The van der Waals surface area contributed by atoms with Gasteiger partial charge in [0, 0.05) is 11.8 Å². The molecule has 0 atom stereocenters. The van der Waals surface area contributed by atoms with Crippen LogP contribution >= 0.6 is 0 Å². The van der Waals surface area contributed by atoms with Crippen LogP contribution in [0.15, 0.2) is 18.2 Å². The topological polar surface area (TPSA) is 76.7 Å². The molecule has 1 aliphatic heterocycles. The van der Waals surface area contributed by atoms with Gasteiger partial charge in [-0.1, -0.05) is 0 Å². The minimum atomic E-state index is -0.553. The summed E-state index contributed by atoms with van der Waals surface area (Å²) >= 11 is 0. The lowest BCUT2D eigenvalue weighted by Gasteiger charge is -2.21. The molecule has 0 radical (unpaired) electrons. The van der Waals surface area contributed by atoms with Crippen LogP contribution in [0.25, 0.3) is 0 Å². The van der Waals surface area contributed by atoms with Crippen LogP contribution in [-0.4, -0.2) is 24.2 Å². The van der Waals surface area contributed by atoms with E-state index in [0.717, 1.165) is 0 Å². The first-order chi connectivity index (χ1) is 8.83. The molecule has 0 bridgehead atoms. The van der Waals surface area contributed by atoms with E-state index in [1.807, 2.05) is 0 Å². The van der Waals surface area contributed by atoms with Crippen molar-refractivity contribution in [3.05, 3.63) is 18.2 Å². The van der Waals surface area contributed by atoms with Crippen LogP contribution < -0.4 is 15.4 Å². The summed E-state index contributed by atoms with van der Waals surface area (Å²) in [5, 5.41) is 5.28. The molecule has 1 aromatic rings. The molecular weight excluding hydrogens is 248 g/mol. The second-order valence-electron chi connectivity index (χ2n) is 5.17. The number of nitrogens with one attached hydrogen (secondary N) is 2. The summed E-state index contributed by atoms with van der Waals surface area (Å²) in [6.07, 6.45) is -0.535. The summed E-state index contributed by atoms with van der Waals surface area (Å²) < 4.78 is 10.4. The fourth-order valence-electron chi connectivity index (χ4n) is 1.57. The van der Waals surface area contributed by atoms with E-state index in [9.17, 15) is 9.59 Å². The van der Waals surface area contributed by atoms with Gasteiger partial charge in [0.1, 0.15) is 11.4 Å². The number of carbonyl (C=O) groups excluding carboxylic acids is 2. The molecule has 2 rings (SSSR count). The molecule has 0 fully saturated rings. The number of hydrogen-bond acceptors (Lipinski definition) is 4. The maximum Gasteiger partial charge on any atom is 0.412 e. The minimum absolute atomic E-state index is 0.0249. The van der Waals surface area contributed by atoms with Gasteiger partial charge < -0.3 is 14.8 Å². The molecule has 19 heavy (non-hydrogen) atoms. The van der Waals surface area contributed by atoms with Crippen molar-refractivity contribution in [3.8, 4) is 5.75 Å². The van der Waals surface area contributed by atoms with Crippen LogP contribution in [0.1, 0.15) is 20.8 Å². The SMILES string of the molecule is CC(C)(C)OC(=O)Nc1ccc2c(c1)OCC(=O)N2. The van der Waals surface area contributed by atoms with Gasteiger partial charge in [-0.05, 0) is 32.9 Å². The van der Waals surface area contributed by atoms with Crippen LogP contribution in [0.3, 0.4) is 0 Å². The van der Waals surface area contributed by atoms with Crippen LogP contribution in [0.4, 0.5) is 16.2 Å². The third-order valence-corrected chi connectivity index (χ3v) is 2.26. The number of carbonyl (C=O) groups is 2. The normalized spacial score (nSPS) is 13.9. The van der Waals surface area contributed by atoms with Crippen molar-refractivity contribution in [2.45, 2.75) is 26.4 Å². The average Bonchev–Trinajstić information content (AvgIpc) is 2.26. The molecular formula is C13H16N2O4. The summed E-state index contributed by atoms with van der Waals surface area (Å²) in [5.41, 5.74) is 0.582. The van der Waals surface area contributed by atoms with Crippen LogP contribution in [0.5, 0.6) is 5.75 Å². The third-order valence-electron chi connectivity index (χ3n) is 2.26. The lowest BCUT2D eigenvalue weighted by Crippen LogP contribution is -2.27. The summed E-state index contributed by atoms with van der Waals surface area (Å²) in [4.78, 5) is 22.7. The zero-order chi connectivity index (χ0) is 14.0. The Morgan fingerprint density at radius 3 is 2.84 bits per heavy atom. The van der Waals surface area contributed by atoms with E-state index in [2.05, 4.69) is 10.6 Å². The van der Waals surface area contributed by atoms with Crippen molar-refractivity contribution < 1.29 is 19.1 Å². The number of rotatable bonds is 1. The first-order valence-electron chi connectivity index (χ1n) is 5.90. The van der Waals surface area contributed by atoms with Gasteiger partial charge in [-0.3, -0.25) is 10.1 Å². The van der Waals surface area contributed by atoms with Gasteiger partial charge in [-0.2, -0.15) is 0 Å². The zero-order valence-corrected chi connectivity index (χ0v) is 11.1. The van der Waals surface area contributed by atoms with Gasteiger partial charge in [-0.15, -0.1) is 0 Å². The number of fused-ring (bicyclic) bond motifs is 1. The molecule has 2 amide bonds. The lowest BCUT2D eigenvalue weighted by molar-refractivity contribution is -0.118. The number of ether oxygens (including phenoxy) is 2. The second-order valence-corrected chi connectivity index (χ2v) is 5.17. The molecule has 1 aliphatic rings. The Bertz CT molecular complexity index is 520. The molecule has 6 nitrogen and oxygen atoms in total. The lowest BCUT2D eigenvalue weighted by atomic mass is 10.2. The predicted octanol–water partition coefficient (Wildman–Crippen LogP) is 2.36. The number of anilines is 2. The highest BCUT2D eigenvalue weighted by Crippen LogP contribution is 2.30. The summed E-state index contributed by atoms with van der Waals surface area (Å²) in [5.74, 6) is 0.327. The quantitative estimate of drug-likeness (QED) is 0.816. The average molecular weight is 264 g/mol. The smallest absolute Gasteiger partial charge is 0.412 e. The molecule has 0 aromatic heterocycles. The molecule has 102 valence electrons. The predicted molar refractivity (Wildman–Crippen MR) is 70.4 cm³/mol. The fraction of sp³-hybridized carbons (Fsp3) is 0.385. The van der Waals surface area contributed by atoms with Gasteiger partial charge >= 0.3 is 6.09 Å². The Labute approximate surface area is 111 Å². The molecule has 0 aliphatic carbocycles. The molecule has 2 N–H and O–H groups in total. The van der Waals surface area contributed by atoms with E-state index in [-0.39, 0.29) is 12.5 Å². The van der Waals surface area contributed by atoms with Crippen LogP contribution in [0.2, 0.25) is 0 Å². The van der Waals surface area contributed by atoms with Crippen LogP contribution in [-0.2, 0) is 9.53 Å². The van der Waals surface area contributed by atoms with Crippen molar-refractivity contribution in [2.24, 2.45) is 0 Å². The molecule has 1 heterocycles. The molecule has 0 saturated carbocycles. The minimum Gasteiger partial charge on any atom is -0.482 e. The van der Waals surface area contributed by atoms with E-state index in [1.54, 1.807) is 39.0 Å². The molecule has 6 heteroatoms. The highest BCUT2D eigenvalue weighted by molar-refractivity contribution is 5.96. The monoisotopic (exact) mass is 264 g/mol. The van der Waals surface area contributed by atoms with Crippen molar-refractivity contribution in [3.63, 3.8) is 0 Å². The van der Waals surface area contributed by atoms with E-state index in [0.29, 0.717) is 17.1 Å². The van der Waals surface area contributed by atoms with Crippen molar-refractivity contribution in [1.82, 2.24) is 0 Å². The Kier molecular flexibility index (Phi) is 3.33. The number of hydrogen-bond donors (Lipinski definition) is 2. The summed E-state index contributed by atoms with van der Waals surface area (Å²) in [6.45, 7) is 5.34. The summed E-state index contributed by atoms with van der Waals surface area (Å²) in [7, 11) is 0. The van der Waals surface area contributed by atoms with Gasteiger partial charge in [0.15, 0.2) is 6.61 Å². The molecule has 0 saturated heterocycles. The van der Waals surface area contributed by atoms with E-state index < -0.39 is 11.7 Å². The van der Waals surface area contributed by atoms with Crippen LogP contribution in [0, 0.1) is 0 Å². The van der Waals surface area contributed by atoms with E-state index in [4.69, 9.17) is 9.47 Å². The van der Waals surface area contributed by atoms with Crippen molar-refractivity contribution in [2.75, 3.05) is 17.2 Å². The maximum atomic E-state index is 11.6. The van der Waals surface area contributed by atoms with Gasteiger partial charge in [0.05, 0.1) is 5.69 Å². The van der Waals surface area contributed by atoms with Crippen molar-refractivity contribution in [1.29, 1.82) is 0 Å². The Hall–Kier alpha value is -2.24. The highest BCUT2D eigenvalue weighted by atomic mass is 16.6. The molecule has 0 unspecified atom stereocenters. The first-order valence-corrected chi connectivity index (χ1v) is 5.90. The second kappa shape index (κ2) is 4.79. The van der Waals surface area contributed by atoms with Gasteiger partial charge in [0.2, 0.25) is 0 Å². The Morgan fingerprint density at radius 2 is 2.16 bits per heavy atom. The first kappa shape index (κ1) is 13.2. The third kappa shape index (κ3) is 3.61. The summed E-state index contributed by atoms with van der Waals surface area (Å²) in [6, 6.07) is 4.97. The maximum absolute atomic E-state index is 11.6. The highest BCUT2D eigenvalue weighted by Gasteiger charge is 2.19. The number of benzene rings is 1. The standard InChI is InChI=1S/C13H16N2O4/c1-13(2,3)19-12(17)14-8-4-5-9-10(6-8)18-7-11(16)15-9/h4-6H,7H2,1-3H3,(H,14,17)(H,15,16). The van der Waals surface area contributed by atoms with Crippen molar-refractivity contribution >= 4 is 23.4 Å². The Balaban J connectivity index is 2.06. The zero-order valence-electron chi connectivity index (χ0n) is 11.1. The van der Waals surface area contributed by atoms with Gasteiger partial charge in [0.25, 0.3) is 5.91 Å². The van der Waals surface area contributed by atoms with E-state index >= 15 is 0 Å². The number of amides is 2. The van der Waals surface area contributed by atoms with E-state index in [1.165, 1.54) is 0 Å². The molecule has 1 aromatic carbocycles.